The number of aryl methyl sites for hydroxylation is 1. The minimum Gasteiger partial charge on any atom is -0.325 e. The molecule has 0 amide bonds. The van der Waals surface area contributed by atoms with Crippen LogP contribution in [0.15, 0.2) is 18.2 Å². The molecule has 0 aliphatic carbocycles. The fraction of sp³-hybridized carbons (Fsp3) is 0.333. The van der Waals surface area contributed by atoms with Crippen molar-refractivity contribution >= 4 is 11.6 Å². The van der Waals surface area contributed by atoms with Gasteiger partial charge in [-0.2, -0.15) is 8.78 Å². The van der Waals surface area contributed by atoms with E-state index < -0.39 is 12.5 Å². The Kier molecular flexibility index (Phi) is 2.88. The van der Waals surface area contributed by atoms with Gasteiger partial charge in [-0.15, -0.1) is 0 Å². The van der Waals surface area contributed by atoms with Crippen LogP contribution in [-0.4, -0.2) is 6.54 Å². The molecule has 1 aromatic carbocycles. The van der Waals surface area contributed by atoms with Crippen LogP contribution in [0.2, 0.25) is 5.02 Å². The topological polar surface area (TPSA) is 26.0 Å². The van der Waals surface area contributed by atoms with Crippen molar-refractivity contribution in [2.24, 2.45) is 5.73 Å². The lowest BCUT2D eigenvalue weighted by Gasteiger charge is -2.15. The summed E-state index contributed by atoms with van der Waals surface area (Å²) in [5.74, 6) is -3.04. The fourth-order valence-electron chi connectivity index (χ4n) is 1.03. The molecule has 1 rings (SSSR count). The molecule has 0 unspecified atom stereocenters. The van der Waals surface area contributed by atoms with E-state index in [9.17, 15) is 8.78 Å². The number of hydrogen-bond donors (Lipinski definition) is 1. The molecule has 0 saturated carbocycles. The summed E-state index contributed by atoms with van der Waals surface area (Å²) < 4.78 is 26.1. The summed E-state index contributed by atoms with van der Waals surface area (Å²) in [6.45, 7) is 1.06. The molecule has 0 heterocycles. The van der Waals surface area contributed by atoms with E-state index in [1.807, 2.05) is 0 Å². The maximum Gasteiger partial charge on any atom is 0.286 e. The van der Waals surface area contributed by atoms with E-state index in [4.69, 9.17) is 17.3 Å². The van der Waals surface area contributed by atoms with Crippen LogP contribution in [0, 0.1) is 6.92 Å². The zero-order chi connectivity index (χ0) is 10.1. The van der Waals surface area contributed by atoms with Gasteiger partial charge in [0.25, 0.3) is 5.92 Å². The standard InChI is InChI=1S/C9H10ClF2N/c1-6-2-3-7(8(10)4-6)9(11,12)5-13/h2-4H,5,13H2,1H3. The van der Waals surface area contributed by atoms with Gasteiger partial charge in [0.15, 0.2) is 0 Å². The second-order valence-electron chi connectivity index (χ2n) is 2.89. The Hall–Kier alpha value is -0.670. The van der Waals surface area contributed by atoms with Crippen LogP contribution >= 0.6 is 11.6 Å². The molecular weight excluding hydrogens is 196 g/mol. The number of halogens is 3. The van der Waals surface area contributed by atoms with Gasteiger partial charge in [-0.05, 0) is 18.6 Å². The quantitative estimate of drug-likeness (QED) is 0.790. The van der Waals surface area contributed by atoms with Crippen molar-refractivity contribution in [2.45, 2.75) is 12.8 Å². The molecule has 0 aliphatic heterocycles. The van der Waals surface area contributed by atoms with Crippen LogP contribution in [0.25, 0.3) is 0 Å². The summed E-state index contributed by atoms with van der Waals surface area (Å²) in [5.41, 5.74) is 5.58. The first-order valence-electron chi connectivity index (χ1n) is 3.82. The minimum absolute atomic E-state index is 0.0652. The summed E-state index contributed by atoms with van der Waals surface area (Å²) in [6, 6.07) is 4.40. The highest BCUT2D eigenvalue weighted by molar-refractivity contribution is 6.31. The molecule has 2 N–H and O–H groups in total. The molecule has 0 aliphatic rings. The number of benzene rings is 1. The number of rotatable bonds is 2. The van der Waals surface area contributed by atoms with Crippen LogP contribution in [0.1, 0.15) is 11.1 Å². The van der Waals surface area contributed by atoms with E-state index in [0.29, 0.717) is 0 Å². The predicted molar refractivity (Wildman–Crippen MR) is 49.1 cm³/mol. The van der Waals surface area contributed by atoms with Crippen LogP contribution in [0.3, 0.4) is 0 Å². The Morgan fingerprint density at radius 3 is 2.54 bits per heavy atom. The number of alkyl halides is 2. The van der Waals surface area contributed by atoms with Gasteiger partial charge in [-0.3, -0.25) is 0 Å². The number of hydrogen-bond acceptors (Lipinski definition) is 1. The zero-order valence-corrected chi connectivity index (χ0v) is 7.91. The van der Waals surface area contributed by atoms with Gasteiger partial charge in [0.1, 0.15) is 0 Å². The van der Waals surface area contributed by atoms with Gasteiger partial charge in [0, 0.05) is 5.56 Å². The highest BCUT2D eigenvalue weighted by atomic mass is 35.5. The van der Waals surface area contributed by atoms with E-state index >= 15 is 0 Å². The lowest BCUT2D eigenvalue weighted by Crippen LogP contribution is -2.25. The van der Waals surface area contributed by atoms with Crippen LogP contribution in [0.4, 0.5) is 8.78 Å². The maximum absolute atomic E-state index is 13.1. The van der Waals surface area contributed by atoms with Crippen molar-refractivity contribution in [1.82, 2.24) is 0 Å². The third kappa shape index (κ3) is 2.17. The Morgan fingerprint density at radius 2 is 2.08 bits per heavy atom. The molecule has 1 nitrogen and oxygen atoms in total. The molecule has 0 atom stereocenters. The highest BCUT2D eigenvalue weighted by Crippen LogP contribution is 2.32. The first kappa shape index (κ1) is 10.4. The van der Waals surface area contributed by atoms with Gasteiger partial charge in [-0.1, -0.05) is 23.7 Å². The molecule has 0 radical (unpaired) electrons. The second-order valence-corrected chi connectivity index (χ2v) is 3.30. The Morgan fingerprint density at radius 1 is 1.46 bits per heavy atom. The van der Waals surface area contributed by atoms with Gasteiger partial charge in [0.2, 0.25) is 0 Å². The summed E-state index contributed by atoms with van der Waals surface area (Å²) in [5, 5.41) is 0.0652. The third-order valence-electron chi connectivity index (χ3n) is 1.78. The molecular formula is C9H10ClF2N. The third-order valence-corrected chi connectivity index (χ3v) is 2.09. The molecule has 0 fully saturated rings. The summed E-state index contributed by atoms with van der Waals surface area (Å²) in [6.07, 6.45) is 0. The largest absolute Gasteiger partial charge is 0.325 e. The van der Waals surface area contributed by atoms with Crippen molar-refractivity contribution in [3.05, 3.63) is 34.3 Å². The second kappa shape index (κ2) is 3.60. The van der Waals surface area contributed by atoms with Crippen molar-refractivity contribution in [1.29, 1.82) is 0 Å². The monoisotopic (exact) mass is 205 g/mol. The van der Waals surface area contributed by atoms with E-state index in [0.717, 1.165) is 5.56 Å². The molecule has 1 aromatic rings. The van der Waals surface area contributed by atoms with E-state index in [1.54, 1.807) is 13.0 Å². The maximum atomic E-state index is 13.1. The van der Waals surface area contributed by atoms with Crippen molar-refractivity contribution in [3.8, 4) is 0 Å². The molecule has 0 saturated heterocycles. The van der Waals surface area contributed by atoms with E-state index in [1.165, 1.54) is 12.1 Å². The lowest BCUT2D eigenvalue weighted by molar-refractivity contribution is 0.00606. The molecule has 0 bridgehead atoms. The van der Waals surface area contributed by atoms with Crippen molar-refractivity contribution in [3.63, 3.8) is 0 Å². The van der Waals surface area contributed by atoms with Gasteiger partial charge < -0.3 is 5.73 Å². The first-order valence-corrected chi connectivity index (χ1v) is 4.19. The summed E-state index contributed by atoms with van der Waals surface area (Å²) in [4.78, 5) is 0. The van der Waals surface area contributed by atoms with Crippen LogP contribution in [-0.2, 0) is 5.92 Å². The lowest BCUT2D eigenvalue weighted by atomic mass is 10.1. The van der Waals surface area contributed by atoms with Gasteiger partial charge in [0.05, 0.1) is 11.6 Å². The smallest absolute Gasteiger partial charge is 0.286 e. The Bertz CT molecular complexity index is 312. The first-order chi connectivity index (χ1) is 5.97. The molecule has 0 spiro atoms. The molecule has 72 valence electrons. The van der Waals surface area contributed by atoms with Gasteiger partial charge >= 0.3 is 0 Å². The Labute approximate surface area is 80.5 Å². The average molecular weight is 206 g/mol. The zero-order valence-electron chi connectivity index (χ0n) is 7.15. The molecule has 13 heavy (non-hydrogen) atoms. The van der Waals surface area contributed by atoms with E-state index in [2.05, 4.69) is 0 Å². The molecule has 0 aromatic heterocycles. The van der Waals surface area contributed by atoms with Crippen LogP contribution < -0.4 is 5.73 Å². The van der Waals surface area contributed by atoms with E-state index in [-0.39, 0.29) is 10.6 Å². The van der Waals surface area contributed by atoms with Gasteiger partial charge in [-0.25, -0.2) is 0 Å². The predicted octanol–water partition coefficient (Wildman–Crippen LogP) is 2.70. The SMILES string of the molecule is Cc1ccc(C(F)(F)CN)c(Cl)c1. The normalized spacial score (nSPS) is 11.8. The van der Waals surface area contributed by atoms with Crippen LogP contribution in [0.5, 0.6) is 0 Å². The highest BCUT2D eigenvalue weighted by Gasteiger charge is 2.31. The molecule has 4 heteroatoms. The fourth-order valence-corrected chi connectivity index (χ4v) is 1.40. The van der Waals surface area contributed by atoms with Crippen molar-refractivity contribution in [2.75, 3.05) is 6.54 Å². The minimum atomic E-state index is -3.04. The summed E-state index contributed by atoms with van der Waals surface area (Å²) in [7, 11) is 0. The number of nitrogens with two attached hydrogens (primary N) is 1. The summed E-state index contributed by atoms with van der Waals surface area (Å²) >= 11 is 5.66. The average Bonchev–Trinajstić information content (AvgIpc) is 2.03. The Balaban J connectivity index is 3.16. The van der Waals surface area contributed by atoms with Crippen molar-refractivity contribution < 1.29 is 8.78 Å².